The molecule has 1 nitrogen and oxygen atoms in total. The van der Waals surface area contributed by atoms with Crippen LogP contribution in [0.5, 0.6) is 0 Å². The summed E-state index contributed by atoms with van der Waals surface area (Å²) >= 11 is 0. The van der Waals surface area contributed by atoms with Gasteiger partial charge in [0.25, 0.3) is 0 Å². The topological polar surface area (TPSA) is 12.4 Å². The Kier molecular flexibility index (Phi) is 1.47. The van der Waals surface area contributed by atoms with Gasteiger partial charge in [-0.1, -0.05) is 13.0 Å². The number of rotatable bonds is 0. The number of hydrogen-bond acceptors (Lipinski definition) is 1. The number of aliphatic imine (C=N–C) groups is 1. The lowest BCUT2D eigenvalue weighted by Crippen LogP contribution is -2.11. The average Bonchev–Trinajstić information content (AvgIpc) is 1.77. The molecule has 0 aliphatic carbocycles. The first-order valence-electron chi connectivity index (χ1n) is 3.00. The summed E-state index contributed by atoms with van der Waals surface area (Å²) in [6, 6.07) is 0.486. The Morgan fingerprint density at radius 1 is 1.38 bits per heavy atom. The van der Waals surface area contributed by atoms with Crippen molar-refractivity contribution < 1.29 is 0 Å². The van der Waals surface area contributed by atoms with E-state index in [1.54, 1.807) is 0 Å². The monoisotopic (exact) mass is 109 g/mol. The molecule has 0 bridgehead atoms. The maximum atomic E-state index is 4.20. The lowest BCUT2D eigenvalue weighted by molar-refractivity contribution is 0.581. The smallest absolute Gasteiger partial charge is 0.0531 e. The van der Waals surface area contributed by atoms with Gasteiger partial charge in [-0.05, 0) is 18.9 Å². The Hall–Kier alpha value is -0.590. The van der Waals surface area contributed by atoms with E-state index in [0.717, 1.165) is 0 Å². The first-order chi connectivity index (χ1) is 3.80. The van der Waals surface area contributed by atoms with E-state index in [1.807, 2.05) is 12.3 Å². The number of allylic oxidation sites excluding steroid dienone is 1. The van der Waals surface area contributed by atoms with Crippen molar-refractivity contribution in [1.82, 2.24) is 0 Å². The fourth-order valence-corrected chi connectivity index (χ4v) is 0.707. The standard InChI is InChI=1S/C7H11N/c1-6-4-3-5-8-7(6)2/h3-7H,1-2H3/t6-,7?/m1/s1. The molecule has 1 unspecified atom stereocenters. The zero-order valence-corrected chi connectivity index (χ0v) is 5.33. The molecule has 1 aliphatic heterocycles. The third-order valence-corrected chi connectivity index (χ3v) is 1.58. The second kappa shape index (κ2) is 2.12. The molecule has 0 saturated heterocycles. The highest BCUT2D eigenvalue weighted by Gasteiger charge is 2.07. The normalized spacial score (nSPS) is 35.8. The molecule has 0 aromatic heterocycles. The summed E-state index contributed by atoms with van der Waals surface area (Å²) in [5.74, 6) is 0.625. The molecule has 1 aliphatic rings. The number of nitrogens with zero attached hydrogens (tertiary/aromatic N) is 1. The molecule has 1 rings (SSSR count). The van der Waals surface area contributed by atoms with E-state index >= 15 is 0 Å². The van der Waals surface area contributed by atoms with Gasteiger partial charge in [0.05, 0.1) is 6.04 Å². The van der Waals surface area contributed by atoms with Crippen LogP contribution in [0.25, 0.3) is 0 Å². The molecule has 0 fully saturated rings. The van der Waals surface area contributed by atoms with Gasteiger partial charge in [0.2, 0.25) is 0 Å². The Morgan fingerprint density at radius 2 is 2.12 bits per heavy atom. The number of hydrogen-bond donors (Lipinski definition) is 0. The molecule has 2 atom stereocenters. The zero-order chi connectivity index (χ0) is 5.98. The Morgan fingerprint density at radius 3 is 2.50 bits per heavy atom. The summed E-state index contributed by atoms with van der Waals surface area (Å²) in [5.41, 5.74) is 0. The van der Waals surface area contributed by atoms with Crippen molar-refractivity contribution in [2.24, 2.45) is 10.9 Å². The third-order valence-electron chi connectivity index (χ3n) is 1.58. The van der Waals surface area contributed by atoms with Gasteiger partial charge in [-0.15, -0.1) is 0 Å². The van der Waals surface area contributed by atoms with Crippen molar-refractivity contribution in [3.8, 4) is 0 Å². The van der Waals surface area contributed by atoms with Gasteiger partial charge in [0, 0.05) is 6.21 Å². The van der Waals surface area contributed by atoms with Crippen LogP contribution in [0.2, 0.25) is 0 Å². The van der Waals surface area contributed by atoms with Crippen LogP contribution in [0.1, 0.15) is 13.8 Å². The van der Waals surface area contributed by atoms with Crippen LogP contribution < -0.4 is 0 Å². The summed E-state index contributed by atoms with van der Waals surface area (Å²) in [4.78, 5) is 4.20. The van der Waals surface area contributed by atoms with Crippen molar-refractivity contribution in [3.63, 3.8) is 0 Å². The molecule has 0 spiro atoms. The molecule has 1 heteroatoms. The minimum atomic E-state index is 0.486. The third kappa shape index (κ3) is 0.971. The first-order valence-corrected chi connectivity index (χ1v) is 3.00. The minimum Gasteiger partial charge on any atom is -0.290 e. The zero-order valence-electron chi connectivity index (χ0n) is 5.33. The summed E-state index contributed by atoms with van der Waals surface area (Å²) in [5, 5.41) is 0. The van der Waals surface area contributed by atoms with E-state index < -0.39 is 0 Å². The van der Waals surface area contributed by atoms with Crippen molar-refractivity contribution in [2.45, 2.75) is 19.9 Å². The largest absolute Gasteiger partial charge is 0.290 e. The summed E-state index contributed by atoms with van der Waals surface area (Å²) < 4.78 is 0. The molecule has 44 valence electrons. The quantitative estimate of drug-likeness (QED) is 0.448. The second-order valence-corrected chi connectivity index (χ2v) is 2.28. The fraction of sp³-hybridized carbons (Fsp3) is 0.571. The molecule has 0 aromatic rings. The van der Waals surface area contributed by atoms with Gasteiger partial charge in [-0.3, -0.25) is 4.99 Å². The van der Waals surface area contributed by atoms with E-state index in [1.165, 1.54) is 0 Å². The second-order valence-electron chi connectivity index (χ2n) is 2.28. The van der Waals surface area contributed by atoms with Crippen LogP contribution in [0.15, 0.2) is 17.1 Å². The molecule has 8 heavy (non-hydrogen) atoms. The lowest BCUT2D eigenvalue weighted by Gasteiger charge is -2.13. The van der Waals surface area contributed by atoms with Crippen LogP contribution in [0.4, 0.5) is 0 Å². The average molecular weight is 109 g/mol. The Bertz CT molecular complexity index is 108. The lowest BCUT2D eigenvalue weighted by atomic mass is 10.0. The summed E-state index contributed by atoms with van der Waals surface area (Å²) in [7, 11) is 0. The fourth-order valence-electron chi connectivity index (χ4n) is 0.707. The van der Waals surface area contributed by atoms with E-state index in [0.29, 0.717) is 12.0 Å². The highest BCUT2D eigenvalue weighted by Crippen LogP contribution is 2.10. The number of dihydropyridines is 1. The van der Waals surface area contributed by atoms with E-state index in [4.69, 9.17) is 0 Å². The van der Waals surface area contributed by atoms with Crippen LogP contribution >= 0.6 is 0 Å². The van der Waals surface area contributed by atoms with Crippen LogP contribution in [-0.4, -0.2) is 12.3 Å². The highest BCUT2D eigenvalue weighted by molar-refractivity contribution is 5.72. The molecular weight excluding hydrogens is 98.1 g/mol. The van der Waals surface area contributed by atoms with Gasteiger partial charge in [-0.2, -0.15) is 0 Å². The van der Waals surface area contributed by atoms with E-state index in [-0.39, 0.29) is 0 Å². The minimum absolute atomic E-state index is 0.486. The van der Waals surface area contributed by atoms with Crippen molar-refractivity contribution >= 4 is 6.21 Å². The highest BCUT2D eigenvalue weighted by atomic mass is 14.8. The predicted octanol–water partition coefficient (Wildman–Crippen LogP) is 1.65. The Labute approximate surface area is 50.1 Å². The molecule has 0 saturated carbocycles. The Balaban J connectivity index is 2.59. The van der Waals surface area contributed by atoms with E-state index in [9.17, 15) is 0 Å². The van der Waals surface area contributed by atoms with E-state index in [2.05, 4.69) is 24.9 Å². The maximum Gasteiger partial charge on any atom is 0.0531 e. The van der Waals surface area contributed by atoms with Crippen LogP contribution in [-0.2, 0) is 0 Å². The van der Waals surface area contributed by atoms with Crippen molar-refractivity contribution in [1.29, 1.82) is 0 Å². The molecule has 0 N–H and O–H groups in total. The molecule has 1 heterocycles. The van der Waals surface area contributed by atoms with Crippen molar-refractivity contribution in [2.75, 3.05) is 0 Å². The maximum absolute atomic E-state index is 4.20. The van der Waals surface area contributed by atoms with Gasteiger partial charge in [0.15, 0.2) is 0 Å². The molecule has 0 amide bonds. The van der Waals surface area contributed by atoms with Gasteiger partial charge in [-0.25, -0.2) is 0 Å². The van der Waals surface area contributed by atoms with Gasteiger partial charge >= 0.3 is 0 Å². The van der Waals surface area contributed by atoms with Gasteiger partial charge in [0.1, 0.15) is 0 Å². The van der Waals surface area contributed by atoms with Crippen LogP contribution in [0, 0.1) is 5.92 Å². The predicted molar refractivity (Wildman–Crippen MR) is 36.3 cm³/mol. The van der Waals surface area contributed by atoms with Crippen LogP contribution in [0.3, 0.4) is 0 Å². The SMILES string of the molecule is CC1N=CC=C[C@H]1C. The molecular formula is C7H11N. The summed E-state index contributed by atoms with van der Waals surface area (Å²) in [6.07, 6.45) is 6.05. The molecule has 0 aromatic carbocycles. The van der Waals surface area contributed by atoms with Gasteiger partial charge < -0.3 is 0 Å². The first kappa shape index (κ1) is 5.54. The van der Waals surface area contributed by atoms with Crippen molar-refractivity contribution in [3.05, 3.63) is 12.2 Å². The molecule has 0 radical (unpaired) electrons. The summed E-state index contributed by atoms with van der Waals surface area (Å²) in [6.45, 7) is 4.31.